The van der Waals surface area contributed by atoms with Crippen LogP contribution in [0.2, 0.25) is 19.6 Å². The molecule has 4 aromatic heterocycles. The summed E-state index contributed by atoms with van der Waals surface area (Å²) in [6.07, 6.45) is 6.26. The van der Waals surface area contributed by atoms with Gasteiger partial charge in [-0.1, -0.05) is 88.1 Å². The van der Waals surface area contributed by atoms with Crippen LogP contribution in [0, 0.1) is 37.8 Å². The van der Waals surface area contributed by atoms with Crippen LogP contribution < -0.4 is 5.19 Å². The molecular weight excluding hydrogens is 759 g/mol. The van der Waals surface area contributed by atoms with Crippen molar-refractivity contribution < 1.29 is 24.5 Å². The average Bonchev–Trinajstić information content (AvgIpc) is 3.34. The number of aromatic nitrogens is 3. The third kappa shape index (κ3) is 8.47. The summed E-state index contributed by atoms with van der Waals surface area (Å²) in [5.41, 5.74) is 10.6. The van der Waals surface area contributed by atoms with Crippen LogP contribution in [0.3, 0.4) is 0 Å². The summed E-state index contributed by atoms with van der Waals surface area (Å²) < 4.78 is 5.86. The molecule has 0 aliphatic rings. The maximum absolute atomic E-state index is 5.86. The Balaban J connectivity index is 0.000000210. The minimum absolute atomic E-state index is 0. The molecule has 4 heterocycles. The second kappa shape index (κ2) is 15.0. The number of nitrogens with zero attached hydrogens (tertiary/aromatic N) is 3. The summed E-state index contributed by atoms with van der Waals surface area (Å²) in [5.74, 6) is 1.28. The quantitative estimate of drug-likeness (QED) is 0.119. The number of hydrogen-bond acceptors (Lipinski definition) is 4. The maximum atomic E-state index is 5.86. The normalized spacial score (nSPS) is 11.5. The molecule has 46 heavy (non-hydrogen) atoms. The van der Waals surface area contributed by atoms with Crippen molar-refractivity contribution in [3.05, 3.63) is 108 Å². The van der Waals surface area contributed by atoms with Gasteiger partial charge in [0.25, 0.3) is 0 Å². The molecular formula is C40H45IrN3OSi-2. The number of hydrogen-bond donors (Lipinski definition) is 0. The molecule has 0 fully saturated rings. The number of rotatable bonds is 7. The van der Waals surface area contributed by atoms with Gasteiger partial charge in [-0.3, -0.25) is 4.98 Å². The second-order valence-electron chi connectivity index (χ2n) is 14.0. The van der Waals surface area contributed by atoms with E-state index in [0.717, 1.165) is 57.4 Å². The predicted octanol–water partition coefficient (Wildman–Crippen LogP) is 9.95. The molecule has 1 radical (unpaired) electrons. The van der Waals surface area contributed by atoms with Crippen molar-refractivity contribution >= 4 is 35.3 Å². The van der Waals surface area contributed by atoms with Crippen LogP contribution in [-0.4, -0.2) is 23.0 Å². The molecule has 4 nitrogen and oxygen atoms in total. The van der Waals surface area contributed by atoms with Gasteiger partial charge in [0.15, 0.2) is 5.71 Å². The zero-order valence-electron chi connectivity index (χ0n) is 28.6. The van der Waals surface area contributed by atoms with Crippen molar-refractivity contribution in [2.45, 2.75) is 74.0 Å². The molecule has 6 aromatic rings. The van der Waals surface area contributed by atoms with Gasteiger partial charge in [-0.25, -0.2) is 4.98 Å². The van der Waals surface area contributed by atoms with Crippen LogP contribution in [0.25, 0.3) is 44.6 Å². The molecule has 0 atom stereocenters. The van der Waals surface area contributed by atoms with Gasteiger partial charge in [0.1, 0.15) is 0 Å². The largest absolute Gasteiger partial charge is 0.482 e. The van der Waals surface area contributed by atoms with Gasteiger partial charge in [0.05, 0.1) is 13.7 Å². The fourth-order valence-electron chi connectivity index (χ4n) is 5.67. The van der Waals surface area contributed by atoms with Crippen LogP contribution in [-0.2, 0) is 32.9 Å². The van der Waals surface area contributed by atoms with Crippen molar-refractivity contribution in [3.8, 4) is 22.5 Å². The first-order chi connectivity index (χ1) is 21.4. The molecule has 0 aliphatic heterocycles. The smallest absolute Gasteiger partial charge is 0.183 e. The number of aryl methyl sites for hydroxylation is 2. The molecule has 0 N–H and O–H groups in total. The average molecular weight is 804 g/mol. The topological polar surface area (TPSA) is 51.8 Å². The first kappa shape index (κ1) is 35.4. The SMILES string of the molecule is CC(C)Cc1cc(-c2[c-]cccc2)ncc1[Si](C)(C)C.Cc1ccc2c(n1)oc1ccc(-c3cc(CC(C)C)c(C)cn3)[c-]c12.[Ir]. The van der Waals surface area contributed by atoms with E-state index in [-0.39, 0.29) is 20.1 Å². The Morgan fingerprint density at radius 3 is 2.13 bits per heavy atom. The minimum atomic E-state index is -1.34. The van der Waals surface area contributed by atoms with Gasteiger partial charge in [0.2, 0.25) is 0 Å². The second-order valence-corrected chi connectivity index (χ2v) is 19.0. The third-order valence-corrected chi connectivity index (χ3v) is 9.98. The number of benzene rings is 2. The summed E-state index contributed by atoms with van der Waals surface area (Å²) in [6.45, 7) is 20.3. The van der Waals surface area contributed by atoms with Gasteiger partial charge in [-0.05, 0) is 72.0 Å². The Morgan fingerprint density at radius 1 is 0.783 bits per heavy atom. The summed E-state index contributed by atoms with van der Waals surface area (Å²) >= 11 is 0. The fourth-order valence-corrected chi connectivity index (χ4v) is 7.26. The zero-order chi connectivity index (χ0) is 32.3. The zero-order valence-corrected chi connectivity index (χ0v) is 32.0. The summed E-state index contributed by atoms with van der Waals surface area (Å²) in [6, 6.07) is 27.4. The molecule has 6 heteroatoms. The third-order valence-electron chi connectivity index (χ3n) is 7.91. The van der Waals surface area contributed by atoms with E-state index in [1.807, 2.05) is 49.5 Å². The molecule has 0 saturated heterocycles. The van der Waals surface area contributed by atoms with Gasteiger partial charge in [0, 0.05) is 43.9 Å². The Kier molecular flexibility index (Phi) is 11.5. The minimum Gasteiger partial charge on any atom is -0.482 e. The summed E-state index contributed by atoms with van der Waals surface area (Å²) in [7, 11) is -1.34. The first-order valence-corrected chi connectivity index (χ1v) is 19.5. The first-order valence-electron chi connectivity index (χ1n) is 16.0. The number of fused-ring (bicyclic) bond motifs is 3. The van der Waals surface area contributed by atoms with E-state index in [2.05, 4.69) is 112 Å². The molecule has 0 aliphatic carbocycles. The monoisotopic (exact) mass is 804 g/mol. The Morgan fingerprint density at radius 2 is 1.46 bits per heavy atom. The van der Waals surface area contributed by atoms with Gasteiger partial charge < -0.3 is 9.40 Å². The van der Waals surface area contributed by atoms with Crippen LogP contribution in [0.1, 0.15) is 50.1 Å². The van der Waals surface area contributed by atoms with Crippen LogP contribution >= 0.6 is 0 Å². The molecule has 241 valence electrons. The van der Waals surface area contributed by atoms with Crippen LogP contribution in [0.4, 0.5) is 0 Å². The van der Waals surface area contributed by atoms with E-state index in [1.165, 1.54) is 21.9 Å². The number of pyridine rings is 3. The molecule has 0 spiro atoms. The van der Waals surface area contributed by atoms with E-state index in [0.29, 0.717) is 17.5 Å². The van der Waals surface area contributed by atoms with E-state index >= 15 is 0 Å². The van der Waals surface area contributed by atoms with Crippen LogP contribution in [0.15, 0.2) is 77.5 Å². The van der Waals surface area contributed by atoms with Crippen molar-refractivity contribution in [1.82, 2.24) is 15.0 Å². The molecule has 0 unspecified atom stereocenters. The molecule has 2 aromatic carbocycles. The Labute approximate surface area is 289 Å². The van der Waals surface area contributed by atoms with Crippen molar-refractivity contribution in [1.29, 1.82) is 0 Å². The van der Waals surface area contributed by atoms with Crippen molar-refractivity contribution in [3.63, 3.8) is 0 Å². The molecule has 0 saturated carbocycles. The van der Waals surface area contributed by atoms with Gasteiger partial charge >= 0.3 is 0 Å². The Hall–Kier alpha value is -3.44. The van der Waals surface area contributed by atoms with Gasteiger partial charge in [-0.15, -0.1) is 48.0 Å². The molecule has 0 bridgehead atoms. The van der Waals surface area contributed by atoms with Gasteiger partial charge in [-0.2, -0.15) is 0 Å². The Bertz CT molecular complexity index is 1920. The van der Waals surface area contributed by atoms with Crippen molar-refractivity contribution in [2.24, 2.45) is 11.8 Å². The van der Waals surface area contributed by atoms with E-state index < -0.39 is 8.07 Å². The van der Waals surface area contributed by atoms with E-state index in [1.54, 1.807) is 0 Å². The molecule has 6 rings (SSSR count). The predicted molar refractivity (Wildman–Crippen MR) is 192 cm³/mol. The molecule has 0 amide bonds. The summed E-state index contributed by atoms with van der Waals surface area (Å²) in [5, 5.41) is 3.45. The van der Waals surface area contributed by atoms with E-state index in [4.69, 9.17) is 4.42 Å². The summed E-state index contributed by atoms with van der Waals surface area (Å²) in [4.78, 5) is 13.8. The van der Waals surface area contributed by atoms with E-state index in [9.17, 15) is 0 Å². The standard InChI is InChI=1S/C22H21N2O.C18H24NSi.Ir/c1-13(2)9-17-11-20(23-12-14(17)3)16-6-8-21-19(10-16)18-7-5-15(4)24-22(18)25-21;1-14(2)11-16-12-17(15-9-7-6-8-10-15)19-13-18(16)20(3,4)5;/h5-8,11-13H,9H2,1-4H3;6-9,12-14H,11H2,1-5H3;/q2*-1;. The van der Waals surface area contributed by atoms with Crippen LogP contribution in [0.5, 0.6) is 0 Å². The number of furan rings is 1. The maximum Gasteiger partial charge on any atom is 0.183 e. The fraction of sp³-hybridized carbons (Fsp3) is 0.325. The van der Waals surface area contributed by atoms with Crippen molar-refractivity contribution in [2.75, 3.05) is 0 Å².